The van der Waals surface area contributed by atoms with Gasteiger partial charge in [-0.1, -0.05) is 20.3 Å². The van der Waals surface area contributed by atoms with Crippen LogP contribution in [-0.2, 0) is 6.54 Å². The van der Waals surface area contributed by atoms with Crippen LogP contribution < -0.4 is 5.32 Å². The van der Waals surface area contributed by atoms with Gasteiger partial charge in [0.1, 0.15) is 0 Å². The molecule has 0 saturated heterocycles. The van der Waals surface area contributed by atoms with E-state index < -0.39 is 0 Å². The Morgan fingerprint density at radius 3 is 2.75 bits per heavy atom. The van der Waals surface area contributed by atoms with Gasteiger partial charge in [-0.2, -0.15) is 0 Å². The molecule has 2 nitrogen and oxygen atoms in total. The summed E-state index contributed by atoms with van der Waals surface area (Å²) in [6, 6.07) is 2.14. The van der Waals surface area contributed by atoms with Crippen LogP contribution in [0, 0.1) is 11.3 Å². The predicted octanol–water partition coefficient (Wildman–Crippen LogP) is 3.32. The Balaban J connectivity index is 1.75. The summed E-state index contributed by atoms with van der Waals surface area (Å²) in [5, 5.41) is 3.62. The summed E-state index contributed by atoms with van der Waals surface area (Å²) in [6.45, 7) is 6.87. The van der Waals surface area contributed by atoms with Crippen molar-refractivity contribution in [2.75, 3.05) is 6.54 Å². The van der Waals surface area contributed by atoms with Gasteiger partial charge >= 0.3 is 0 Å². The molecule has 1 saturated carbocycles. The first kappa shape index (κ1) is 11.7. The summed E-state index contributed by atoms with van der Waals surface area (Å²) in [4.78, 5) is 3.10. The fourth-order valence-electron chi connectivity index (χ4n) is 2.94. The fourth-order valence-corrected chi connectivity index (χ4v) is 2.94. The Labute approximate surface area is 98.8 Å². The standard InChI is InChI=1S/C14H24N2/c1-12(2)8-14(5-3-6-14)11-16-10-13-4-7-15-9-13/h4,7,9,12,15-16H,3,5-6,8,10-11H2,1-2H3. The van der Waals surface area contributed by atoms with Gasteiger partial charge in [-0.15, -0.1) is 0 Å². The van der Waals surface area contributed by atoms with Crippen molar-refractivity contribution in [3.05, 3.63) is 24.0 Å². The third-order valence-electron chi connectivity index (χ3n) is 3.75. The number of nitrogens with one attached hydrogen (secondary N) is 2. The first-order chi connectivity index (χ1) is 7.70. The van der Waals surface area contributed by atoms with Crippen LogP contribution in [-0.4, -0.2) is 11.5 Å². The molecule has 1 aliphatic rings. The summed E-state index contributed by atoms with van der Waals surface area (Å²) in [5.41, 5.74) is 1.98. The number of hydrogen-bond donors (Lipinski definition) is 2. The van der Waals surface area contributed by atoms with Crippen molar-refractivity contribution in [3.63, 3.8) is 0 Å². The van der Waals surface area contributed by atoms with E-state index in [0.29, 0.717) is 5.41 Å². The first-order valence-corrected chi connectivity index (χ1v) is 6.53. The molecule has 2 rings (SSSR count). The topological polar surface area (TPSA) is 27.8 Å². The van der Waals surface area contributed by atoms with E-state index in [1.165, 1.54) is 37.8 Å². The Kier molecular flexibility index (Phi) is 3.70. The minimum Gasteiger partial charge on any atom is -0.367 e. The van der Waals surface area contributed by atoms with Gasteiger partial charge in [-0.05, 0) is 42.2 Å². The molecule has 16 heavy (non-hydrogen) atoms. The zero-order chi connectivity index (χ0) is 11.4. The maximum Gasteiger partial charge on any atom is 0.0220 e. The summed E-state index contributed by atoms with van der Waals surface area (Å²) in [7, 11) is 0. The SMILES string of the molecule is CC(C)CC1(CNCc2cc[nH]c2)CCC1. The van der Waals surface area contributed by atoms with Crippen molar-refractivity contribution in [2.24, 2.45) is 11.3 Å². The van der Waals surface area contributed by atoms with E-state index in [4.69, 9.17) is 0 Å². The molecule has 1 aromatic rings. The molecular weight excluding hydrogens is 196 g/mol. The number of aromatic amines is 1. The molecule has 1 aromatic heterocycles. The summed E-state index contributed by atoms with van der Waals surface area (Å²) in [6.07, 6.45) is 9.72. The zero-order valence-electron chi connectivity index (χ0n) is 10.6. The highest BCUT2D eigenvalue weighted by Gasteiger charge is 2.36. The van der Waals surface area contributed by atoms with Gasteiger partial charge in [0.15, 0.2) is 0 Å². The lowest BCUT2D eigenvalue weighted by molar-refractivity contribution is 0.0979. The number of rotatable bonds is 6. The molecule has 1 aliphatic carbocycles. The van der Waals surface area contributed by atoms with Gasteiger partial charge in [0.25, 0.3) is 0 Å². The molecule has 0 radical (unpaired) electrons. The van der Waals surface area contributed by atoms with Gasteiger partial charge in [0.2, 0.25) is 0 Å². The summed E-state index contributed by atoms with van der Waals surface area (Å²) < 4.78 is 0. The fraction of sp³-hybridized carbons (Fsp3) is 0.714. The van der Waals surface area contributed by atoms with Crippen LogP contribution in [0.25, 0.3) is 0 Å². The molecule has 0 amide bonds. The van der Waals surface area contributed by atoms with E-state index in [9.17, 15) is 0 Å². The smallest absolute Gasteiger partial charge is 0.0220 e. The van der Waals surface area contributed by atoms with E-state index in [-0.39, 0.29) is 0 Å². The van der Waals surface area contributed by atoms with Crippen LogP contribution in [0.5, 0.6) is 0 Å². The van der Waals surface area contributed by atoms with E-state index in [0.717, 1.165) is 12.5 Å². The molecule has 1 heterocycles. The minimum atomic E-state index is 0.616. The monoisotopic (exact) mass is 220 g/mol. The quantitative estimate of drug-likeness (QED) is 0.756. The van der Waals surface area contributed by atoms with Gasteiger partial charge < -0.3 is 10.3 Å². The average molecular weight is 220 g/mol. The summed E-state index contributed by atoms with van der Waals surface area (Å²) in [5.74, 6) is 0.828. The van der Waals surface area contributed by atoms with E-state index in [1.807, 2.05) is 6.20 Å². The van der Waals surface area contributed by atoms with Gasteiger partial charge in [-0.25, -0.2) is 0 Å². The number of aromatic nitrogens is 1. The van der Waals surface area contributed by atoms with Crippen molar-refractivity contribution in [1.82, 2.24) is 10.3 Å². The lowest BCUT2D eigenvalue weighted by Gasteiger charge is -2.43. The van der Waals surface area contributed by atoms with Crippen LogP contribution in [0.1, 0.15) is 45.1 Å². The van der Waals surface area contributed by atoms with Gasteiger partial charge in [-0.3, -0.25) is 0 Å². The Hall–Kier alpha value is -0.760. The second kappa shape index (κ2) is 5.05. The first-order valence-electron chi connectivity index (χ1n) is 6.53. The van der Waals surface area contributed by atoms with Crippen LogP contribution in [0.15, 0.2) is 18.5 Å². The molecule has 90 valence electrons. The number of hydrogen-bond acceptors (Lipinski definition) is 1. The maximum absolute atomic E-state index is 3.62. The van der Waals surface area contributed by atoms with Gasteiger partial charge in [0, 0.05) is 25.5 Å². The lowest BCUT2D eigenvalue weighted by Crippen LogP contribution is -2.40. The van der Waals surface area contributed by atoms with E-state index >= 15 is 0 Å². The molecule has 2 heteroatoms. The highest BCUT2D eigenvalue weighted by molar-refractivity contribution is 5.07. The normalized spacial score (nSPS) is 18.7. The third kappa shape index (κ3) is 2.88. The summed E-state index contributed by atoms with van der Waals surface area (Å²) >= 11 is 0. The van der Waals surface area contributed by atoms with Crippen molar-refractivity contribution in [1.29, 1.82) is 0 Å². The molecule has 0 atom stereocenters. The molecule has 0 aliphatic heterocycles. The van der Waals surface area contributed by atoms with Crippen molar-refractivity contribution < 1.29 is 0 Å². The van der Waals surface area contributed by atoms with E-state index in [2.05, 4.69) is 36.4 Å². The molecular formula is C14H24N2. The molecule has 0 bridgehead atoms. The largest absolute Gasteiger partial charge is 0.367 e. The third-order valence-corrected chi connectivity index (χ3v) is 3.75. The highest BCUT2D eigenvalue weighted by atomic mass is 14.9. The highest BCUT2D eigenvalue weighted by Crippen LogP contribution is 2.45. The van der Waals surface area contributed by atoms with Crippen LogP contribution in [0.3, 0.4) is 0 Å². The van der Waals surface area contributed by atoms with Crippen LogP contribution >= 0.6 is 0 Å². The van der Waals surface area contributed by atoms with E-state index in [1.54, 1.807) is 0 Å². The molecule has 0 unspecified atom stereocenters. The average Bonchev–Trinajstić information content (AvgIpc) is 2.66. The second-order valence-electron chi connectivity index (χ2n) is 5.77. The molecule has 0 spiro atoms. The maximum atomic E-state index is 3.62. The zero-order valence-corrected chi connectivity index (χ0v) is 10.6. The molecule has 1 fully saturated rings. The Morgan fingerprint density at radius 1 is 1.44 bits per heavy atom. The van der Waals surface area contributed by atoms with Crippen molar-refractivity contribution in [3.8, 4) is 0 Å². The second-order valence-corrected chi connectivity index (χ2v) is 5.77. The number of H-pyrrole nitrogens is 1. The van der Waals surface area contributed by atoms with Crippen molar-refractivity contribution in [2.45, 2.75) is 46.1 Å². The lowest BCUT2D eigenvalue weighted by atomic mass is 9.64. The minimum absolute atomic E-state index is 0.616. The van der Waals surface area contributed by atoms with Gasteiger partial charge in [0.05, 0.1) is 0 Å². The predicted molar refractivity (Wildman–Crippen MR) is 68.2 cm³/mol. The Bertz CT molecular complexity index is 297. The Morgan fingerprint density at radius 2 is 2.25 bits per heavy atom. The molecule has 2 N–H and O–H groups in total. The van der Waals surface area contributed by atoms with Crippen LogP contribution in [0.2, 0.25) is 0 Å². The molecule has 0 aromatic carbocycles. The van der Waals surface area contributed by atoms with Crippen LogP contribution in [0.4, 0.5) is 0 Å². The van der Waals surface area contributed by atoms with Crippen molar-refractivity contribution >= 4 is 0 Å².